The van der Waals surface area contributed by atoms with Crippen molar-refractivity contribution in [1.82, 2.24) is 14.9 Å². The molecule has 0 saturated carbocycles. The van der Waals surface area contributed by atoms with Gasteiger partial charge in [0.05, 0.1) is 5.69 Å². The zero-order chi connectivity index (χ0) is 24.6. The summed E-state index contributed by atoms with van der Waals surface area (Å²) in [7, 11) is 2.11. The molecule has 1 aromatic heterocycles. The van der Waals surface area contributed by atoms with E-state index in [1.165, 1.54) is 11.6 Å². The molecule has 3 rings (SSSR count). The summed E-state index contributed by atoms with van der Waals surface area (Å²) in [6, 6.07) is 17.0. The number of nitrogens with one attached hydrogen (secondary N) is 1. The predicted octanol–water partition coefficient (Wildman–Crippen LogP) is 5.23. The molecule has 0 aliphatic rings. The van der Waals surface area contributed by atoms with Gasteiger partial charge in [0, 0.05) is 28.8 Å². The molecule has 0 aliphatic carbocycles. The maximum atomic E-state index is 12.1. The zero-order valence-electron chi connectivity index (χ0n) is 18.0. The molecule has 33 heavy (non-hydrogen) atoms. The third-order valence-corrected chi connectivity index (χ3v) is 4.75. The van der Waals surface area contributed by atoms with E-state index in [1.54, 1.807) is 6.07 Å². The van der Waals surface area contributed by atoms with Gasteiger partial charge in [-0.05, 0) is 31.6 Å². The van der Waals surface area contributed by atoms with Crippen LogP contribution in [0.1, 0.15) is 18.9 Å². The molecule has 0 unspecified atom stereocenters. The van der Waals surface area contributed by atoms with Gasteiger partial charge in [0.2, 0.25) is 0 Å². The Hall–Kier alpha value is -3.17. The SMILES string of the molecule is CCCN(C)Cc1ccc(-c2nc(-c3ccccc3Cl)cc(=O)[nH]2)cc1.O=C(O)C(F)(F)F. The Labute approximate surface area is 193 Å². The first-order valence-corrected chi connectivity index (χ1v) is 10.3. The molecule has 0 saturated heterocycles. The second-order valence-electron chi connectivity index (χ2n) is 7.20. The molecule has 0 amide bonds. The number of nitrogens with zero attached hydrogens (tertiary/aromatic N) is 2. The molecule has 2 N–H and O–H groups in total. The molecule has 6 nitrogen and oxygen atoms in total. The number of hydrogen-bond donors (Lipinski definition) is 2. The summed E-state index contributed by atoms with van der Waals surface area (Å²) in [5.41, 5.74) is 3.23. The maximum absolute atomic E-state index is 12.1. The fourth-order valence-corrected chi connectivity index (χ4v) is 3.17. The topological polar surface area (TPSA) is 86.3 Å². The van der Waals surface area contributed by atoms with Crippen molar-refractivity contribution < 1.29 is 23.1 Å². The quantitative estimate of drug-likeness (QED) is 0.503. The van der Waals surface area contributed by atoms with Gasteiger partial charge in [-0.15, -0.1) is 0 Å². The Kier molecular flexibility index (Phi) is 9.19. The lowest BCUT2D eigenvalue weighted by molar-refractivity contribution is -0.192. The summed E-state index contributed by atoms with van der Waals surface area (Å²) in [5.74, 6) is -2.21. The van der Waals surface area contributed by atoms with Crippen LogP contribution in [0.4, 0.5) is 13.2 Å². The van der Waals surface area contributed by atoms with Crippen LogP contribution in [-0.4, -0.2) is 45.7 Å². The van der Waals surface area contributed by atoms with Crippen molar-refractivity contribution in [2.45, 2.75) is 26.1 Å². The normalized spacial score (nSPS) is 11.1. The van der Waals surface area contributed by atoms with Gasteiger partial charge < -0.3 is 15.0 Å². The molecule has 10 heteroatoms. The van der Waals surface area contributed by atoms with Crippen molar-refractivity contribution in [3.63, 3.8) is 0 Å². The predicted molar refractivity (Wildman–Crippen MR) is 121 cm³/mol. The molecule has 0 bridgehead atoms. The van der Waals surface area contributed by atoms with Crippen LogP contribution in [-0.2, 0) is 11.3 Å². The number of benzene rings is 2. The van der Waals surface area contributed by atoms with Gasteiger partial charge in [-0.3, -0.25) is 4.79 Å². The molecule has 1 heterocycles. The molecule has 2 aromatic carbocycles. The number of aromatic nitrogens is 2. The van der Waals surface area contributed by atoms with E-state index in [9.17, 15) is 18.0 Å². The number of rotatable bonds is 6. The lowest BCUT2D eigenvalue weighted by atomic mass is 10.1. The Morgan fingerprint density at radius 1 is 1.15 bits per heavy atom. The molecule has 0 radical (unpaired) electrons. The molecule has 0 aliphatic heterocycles. The van der Waals surface area contributed by atoms with Crippen molar-refractivity contribution in [3.8, 4) is 22.6 Å². The molecule has 0 spiro atoms. The number of hydrogen-bond acceptors (Lipinski definition) is 4. The van der Waals surface area contributed by atoms with Gasteiger partial charge in [0.1, 0.15) is 5.82 Å². The highest BCUT2D eigenvalue weighted by Gasteiger charge is 2.38. The number of aromatic amines is 1. The average Bonchev–Trinajstić information content (AvgIpc) is 2.74. The van der Waals surface area contributed by atoms with E-state index in [2.05, 4.69) is 41.0 Å². The van der Waals surface area contributed by atoms with Gasteiger partial charge in [-0.1, -0.05) is 61.0 Å². The minimum absolute atomic E-state index is 0.198. The van der Waals surface area contributed by atoms with Gasteiger partial charge in [0.25, 0.3) is 5.56 Å². The summed E-state index contributed by atoms with van der Waals surface area (Å²) < 4.78 is 31.7. The van der Waals surface area contributed by atoms with Crippen LogP contribution in [0.25, 0.3) is 22.6 Å². The van der Waals surface area contributed by atoms with Crippen molar-refractivity contribution in [2.24, 2.45) is 0 Å². The Morgan fingerprint density at radius 2 is 1.76 bits per heavy atom. The van der Waals surface area contributed by atoms with E-state index in [4.69, 9.17) is 21.5 Å². The third kappa shape index (κ3) is 8.03. The van der Waals surface area contributed by atoms with E-state index in [0.29, 0.717) is 16.5 Å². The zero-order valence-corrected chi connectivity index (χ0v) is 18.7. The lowest BCUT2D eigenvalue weighted by Gasteiger charge is -2.15. The average molecular weight is 482 g/mol. The van der Waals surface area contributed by atoms with Crippen LogP contribution in [0.15, 0.2) is 59.4 Å². The smallest absolute Gasteiger partial charge is 0.475 e. The largest absolute Gasteiger partial charge is 0.490 e. The number of alkyl halides is 3. The highest BCUT2D eigenvalue weighted by molar-refractivity contribution is 6.33. The Balaban J connectivity index is 0.000000479. The number of carbonyl (C=O) groups is 1. The first kappa shape index (κ1) is 26.1. The van der Waals surface area contributed by atoms with Crippen LogP contribution < -0.4 is 5.56 Å². The summed E-state index contributed by atoms with van der Waals surface area (Å²) in [4.78, 5) is 30.7. The fourth-order valence-electron chi connectivity index (χ4n) is 2.94. The monoisotopic (exact) mass is 481 g/mol. The summed E-state index contributed by atoms with van der Waals surface area (Å²) in [6.07, 6.45) is -3.95. The van der Waals surface area contributed by atoms with Crippen LogP contribution in [0.2, 0.25) is 5.02 Å². The number of halogens is 4. The minimum Gasteiger partial charge on any atom is -0.475 e. The van der Waals surface area contributed by atoms with Crippen LogP contribution in [0, 0.1) is 0 Å². The molecule has 0 atom stereocenters. The van der Waals surface area contributed by atoms with Crippen molar-refractivity contribution in [3.05, 3.63) is 75.5 Å². The molecular formula is C23H23ClF3N3O3. The maximum Gasteiger partial charge on any atom is 0.490 e. The Morgan fingerprint density at radius 3 is 2.30 bits per heavy atom. The van der Waals surface area contributed by atoms with Crippen molar-refractivity contribution in [2.75, 3.05) is 13.6 Å². The van der Waals surface area contributed by atoms with Crippen molar-refractivity contribution in [1.29, 1.82) is 0 Å². The standard InChI is InChI=1S/C21H22ClN3O.C2HF3O2/c1-3-12-25(2)14-15-8-10-16(11-9-15)21-23-19(13-20(26)24-21)17-6-4-5-7-18(17)22;3-2(4,5)1(6)7/h4-11,13H,3,12,14H2,1-2H3,(H,23,24,26);(H,6,7). The van der Waals surface area contributed by atoms with Crippen LogP contribution in [0.3, 0.4) is 0 Å². The minimum atomic E-state index is -5.08. The molecule has 3 aromatic rings. The van der Waals surface area contributed by atoms with Gasteiger partial charge in [-0.2, -0.15) is 13.2 Å². The number of H-pyrrole nitrogens is 1. The second-order valence-corrected chi connectivity index (χ2v) is 7.60. The van der Waals surface area contributed by atoms with E-state index in [1.807, 2.05) is 30.3 Å². The van der Waals surface area contributed by atoms with Gasteiger partial charge >= 0.3 is 12.1 Å². The second kappa shape index (κ2) is 11.6. The third-order valence-electron chi connectivity index (χ3n) is 4.42. The summed E-state index contributed by atoms with van der Waals surface area (Å²) in [5, 5.41) is 7.70. The number of carboxylic acid groups (broad SMARTS) is 1. The van der Waals surface area contributed by atoms with Gasteiger partial charge in [0.15, 0.2) is 0 Å². The lowest BCUT2D eigenvalue weighted by Crippen LogP contribution is -2.21. The fraction of sp³-hybridized carbons (Fsp3) is 0.261. The van der Waals surface area contributed by atoms with E-state index in [-0.39, 0.29) is 5.56 Å². The Bertz CT molecular complexity index is 1130. The first-order chi connectivity index (χ1) is 15.5. The molecule has 0 fully saturated rings. The van der Waals surface area contributed by atoms with E-state index in [0.717, 1.165) is 30.6 Å². The highest BCUT2D eigenvalue weighted by atomic mass is 35.5. The van der Waals surface area contributed by atoms with E-state index >= 15 is 0 Å². The number of carboxylic acids is 1. The first-order valence-electron chi connectivity index (χ1n) is 9.95. The molecular weight excluding hydrogens is 459 g/mol. The van der Waals surface area contributed by atoms with Crippen LogP contribution in [0.5, 0.6) is 0 Å². The molecule has 176 valence electrons. The highest BCUT2D eigenvalue weighted by Crippen LogP contribution is 2.26. The summed E-state index contributed by atoms with van der Waals surface area (Å²) >= 11 is 6.25. The van der Waals surface area contributed by atoms with Crippen molar-refractivity contribution >= 4 is 17.6 Å². The van der Waals surface area contributed by atoms with Gasteiger partial charge in [-0.25, -0.2) is 9.78 Å². The van der Waals surface area contributed by atoms with Crippen LogP contribution >= 0.6 is 11.6 Å². The summed E-state index contributed by atoms with van der Waals surface area (Å²) in [6.45, 7) is 4.14. The number of aliphatic carboxylic acids is 1. The van der Waals surface area contributed by atoms with E-state index < -0.39 is 12.1 Å².